The lowest BCUT2D eigenvalue weighted by atomic mass is 10.3. The zero-order valence-corrected chi connectivity index (χ0v) is 9.93. The molecule has 1 rings (SSSR count). The molecule has 0 unspecified atom stereocenters. The van der Waals surface area contributed by atoms with Crippen LogP contribution in [0.2, 0.25) is 0 Å². The minimum absolute atomic E-state index is 0.309. The summed E-state index contributed by atoms with van der Waals surface area (Å²) in [5.74, 6) is -0.617. The number of rotatable bonds is 3. The van der Waals surface area contributed by atoms with E-state index in [-0.39, 0.29) is 11.8 Å². The molecule has 0 atom stereocenters. The van der Waals surface area contributed by atoms with Gasteiger partial charge in [-0.3, -0.25) is 9.59 Å². The Balaban J connectivity index is 0.00000106. The van der Waals surface area contributed by atoms with Crippen molar-refractivity contribution in [1.82, 2.24) is 4.90 Å². The largest absolute Gasteiger partial charge is 0.269 e. The Bertz CT molecular complexity index is 344. The lowest BCUT2D eigenvalue weighted by Gasteiger charge is -2.13. The van der Waals surface area contributed by atoms with Crippen LogP contribution >= 0.6 is 0 Å². The number of allylic oxidation sites excluding steroid dienone is 4. The molecule has 0 radical (unpaired) electrons. The summed E-state index contributed by atoms with van der Waals surface area (Å²) < 4.78 is 0. The van der Waals surface area contributed by atoms with Crippen molar-refractivity contribution in [1.29, 1.82) is 0 Å². The quantitative estimate of drug-likeness (QED) is 0.540. The smallest absolute Gasteiger partial charge is 0.258 e. The summed E-state index contributed by atoms with van der Waals surface area (Å²) in [5, 5.41) is 0. The molecule has 3 nitrogen and oxygen atoms in total. The molecule has 1 aliphatic rings. The van der Waals surface area contributed by atoms with Crippen LogP contribution in [0.25, 0.3) is 0 Å². The Kier molecular flexibility index (Phi) is 6.52. The van der Waals surface area contributed by atoms with E-state index in [1.807, 2.05) is 13.8 Å². The number of carbonyl (C=O) groups excluding carboxylic acids is 2. The summed E-state index contributed by atoms with van der Waals surface area (Å²) in [7, 11) is 0. The van der Waals surface area contributed by atoms with Crippen LogP contribution in [0.15, 0.2) is 48.7 Å². The molecular weight excluding hydrogens is 202 g/mol. The lowest BCUT2D eigenvalue weighted by Crippen LogP contribution is -2.28. The van der Waals surface area contributed by atoms with Gasteiger partial charge in [-0.05, 0) is 13.0 Å². The third kappa shape index (κ3) is 3.35. The maximum absolute atomic E-state index is 11.3. The Hall–Kier alpha value is -1.90. The fraction of sp³-hybridized carbons (Fsp3) is 0.231. The van der Waals surface area contributed by atoms with E-state index in [4.69, 9.17) is 0 Å². The van der Waals surface area contributed by atoms with E-state index in [0.29, 0.717) is 5.70 Å². The summed E-state index contributed by atoms with van der Waals surface area (Å²) in [6.07, 6.45) is 9.13. The van der Waals surface area contributed by atoms with Crippen LogP contribution in [0.4, 0.5) is 0 Å². The van der Waals surface area contributed by atoms with Crippen molar-refractivity contribution in [3.63, 3.8) is 0 Å². The zero-order chi connectivity index (χ0) is 12.6. The molecule has 0 aromatic rings. The van der Waals surface area contributed by atoms with Gasteiger partial charge in [0.2, 0.25) is 0 Å². The number of nitrogens with zero attached hydrogens (tertiary/aromatic N) is 1. The summed E-state index contributed by atoms with van der Waals surface area (Å²) in [5.41, 5.74) is 0.560. The lowest BCUT2D eigenvalue weighted by molar-refractivity contribution is -0.134. The second kappa shape index (κ2) is 7.40. The molecule has 1 heterocycles. The number of amides is 2. The van der Waals surface area contributed by atoms with Crippen LogP contribution in [0.3, 0.4) is 0 Å². The summed E-state index contributed by atoms with van der Waals surface area (Å²) in [6, 6.07) is 0. The number of carbonyl (C=O) groups is 2. The number of hydrogen-bond acceptors (Lipinski definition) is 2. The van der Waals surface area contributed by atoms with Crippen LogP contribution < -0.4 is 0 Å². The van der Waals surface area contributed by atoms with Crippen LogP contribution in [-0.2, 0) is 9.59 Å². The molecule has 0 aromatic carbocycles. The predicted octanol–water partition coefficient (Wildman–Crippen LogP) is 2.58. The molecule has 1 aliphatic heterocycles. The molecule has 0 fully saturated rings. The van der Waals surface area contributed by atoms with E-state index in [2.05, 4.69) is 6.58 Å². The molecule has 0 N–H and O–H groups in total. The first-order valence-corrected chi connectivity index (χ1v) is 5.22. The molecule has 16 heavy (non-hydrogen) atoms. The highest BCUT2D eigenvalue weighted by atomic mass is 16.2. The first-order chi connectivity index (χ1) is 7.70. The molecule has 0 spiro atoms. The third-order valence-corrected chi connectivity index (χ3v) is 1.77. The van der Waals surface area contributed by atoms with Crippen molar-refractivity contribution >= 4 is 11.8 Å². The highest BCUT2D eigenvalue weighted by Gasteiger charge is 2.24. The van der Waals surface area contributed by atoms with E-state index < -0.39 is 0 Å². The van der Waals surface area contributed by atoms with Crippen molar-refractivity contribution in [2.75, 3.05) is 0 Å². The maximum Gasteiger partial charge on any atom is 0.258 e. The monoisotopic (exact) mass is 219 g/mol. The van der Waals surface area contributed by atoms with Gasteiger partial charge in [0.25, 0.3) is 11.8 Å². The molecule has 0 saturated heterocycles. The average Bonchev–Trinajstić information content (AvgIpc) is 2.64. The summed E-state index contributed by atoms with van der Waals surface area (Å²) >= 11 is 0. The maximum atomic E-state index is 11.3. The molecule has 2 amide bonds. The van der Waals surface area contributed by atoms with Gasteiger partial charge in [0.05, 0.1) is 0 Å². The molecule has 0 saturated carbocycles. The van der Waals surface area contributed by atoms with Gasteiger partial charge < -0.3 is 0 Å². The Morgan fingerprint density at radius 1 is 1.25 bits per heavy atom. The van der Waals surface area contributed by atoms with Gasteiger partial charge in [-0.1, -0.05) is 38.7 Å². The van der Waals surface area contributed by atoms with Gasteiger partial charge >= 0.3 is 0 Å². The Morgan fingerprint density at radius 2 is 1.75 bits per heavy atom. The van der Waals surface area contributed by atoms with Gasteiger partial charge in [0, 0.05) is 17.8 Å². The third-order valence-electron chi connectivity index (χ3n) is 1.77. The fourth-order valence-electron chi connectivity index (χ4n) is 1.12. The second-order valence-electron chi connectivity index (χ2n) is 2.65. The predicted molar refractivity (Wildman–Crippen MR) is 65.4 cm³/mol. The molecule has 86 valence electrons. The zero-order valence-electron chi connectivity index (χ0n) is 9.93. The fourth-order valence-corrected chi connectivity index (χ4v) is 1.12. The van der Waals surface area contributed by atoms with Gasteiger partial charge in [0.15, 0.2) is 0 Å². The topological polar surface area (TPSA) is 37.4 Å². The molecule has 0 aliphatic carbocycles. The van der Waals surface area contributed by atoms with E-state index in [1.165, 1.54) is 12.2 Å². The van der Waals surface area contributed by atoms with Crippen LogP contribution in [-0.4, -0.2) is 16.7 Å². The molecule has 3 heteroatoms. The minimum atomic E-state index is -0.309. The van der Waals surface area contributed by atoms with Gasteiger partial charge in [0.1, 0.15) is 0 Å². The highest BCUT2D eigenvalue weighted by Crippen LogP contribution is 2.13. The first-order valence-electron chi connectivity index (χ1n) is 5.22. The van der Waals surface area contributed by atoms with Crippen LogP contribution in [0.1, 0.15) is 20.8 Å². The van der Waals surface area contributed by atoms with E-state index in [9.17, 15) is 9.59 Å². The summed E-state index contributed by atoms with van der Waals surface area (Å²) in [4.78, 5) is 23.6. The van der Waals surface area contributed by atoms with Crippen molar-refractivity contribution in [2.45, 2.75) is 20.8 Å². The molecular formula is C13H17NO2. The normalized spacial score (nSPS) is 15.4. The number of imide groups is 1. The van der Waals surface area contributed by atoms with Gasteiger partial charge in [-0.15, -0.1) is 0 Å². The average molecular weight is 219 g/mol. The van der Waals surface area contributed by atoms with E-state index in [0.717, 1.165) is 4.90 Å². The standard InChI is InChI=1S/C11H11NO2.C2H6/c1-3-5-6-9(4-2)12-10(13)7-8-11(12)14;1-2/h3-8H,1H2,2H3;1-2H3/b6-5-,9-4+;. The van der Waals surface area contributed by atoms with Crippen molar-refractivity contribution < 1.29 is 9.59 Å². The van der Waals surface area contributed by atoms with Crippen molar-refractivity contribution in [3.8, 4) is 0 Å². The van der Waals surface area contributed by atoms with E-state index >= 15 is 0 Å². The second-order valence-corrected chi connectivity index (χ2v) is 2.65. The van der Waals surface area contributed by atoms with Crippen LogP contribution in [0, 0.1) is 0 Å². The van der Waals surface area contributed by atoms with Crippen LogP contribution in [0.5, 0.6) is 0 Å². The summed E-state index contributed by atoms with van der Waals surface area (Å²) in [6.45, 7) is 9.28. The first kappa shape index (κ1) is 14.1. The number of hydrogen-bond donors (Lipinski definition) is 0. The van der Waals surface area contributed by atoms with Crippen molar-refractivity contribution in [3.05, 3.63) is 48.7 Å². The SMILES string of the molecule is C=C/C=C\C(=C/C)N1C(=O)C=CC1=O.CC. The molecule has 0 aromatic heterocycles. The van der Waals surface area contributed by atoms with E-state index in [1.54, 1.807) is 31.2 Å². The Morgan fingerprint density at radius 3 is 2.12 bits per heavy atom. The van der Waals surface area contributed by atoms with Crippen molar-refractivity contribution in [2.24, 2.45) is 0 Å². The van der Waals surface area contributed by atoms with Gasteiger partial charge in [-0.2, -0.15) is 0 Å². The molecule has 0 bridgehead atoms. The highest BCUT2D eigenvalue weighted by molar-refractivity contribution is 6.14. The minimum Gasteiger partial charge on any atom is -0.269 e. The Labute approximate surface area is 96.4 Å². The van der Waals surface area contributed by atoms with Gasteiger partial charge in [-0.25, -0.2) is 4.90 Å².